The highest BCUT2D eigenvalue weighted by atomic mass is 35.5. The number of esters is 1. The number of nitrogens with zero attached hydrogens (tertiary/aromatic N) is 1. The van der Waals surface area contributed by atoms with E-state index in [1.807, 2.05) is 19.1 Å². The molecule has 0 spiro atoms. The van der Waals surface area contributed by atoms with Gasteiger partial charge >= 0.3 is 5.97 Å². The summed E-state index contributed by atoms with van der Waals surface area (Å²) in [5.74, 6) is -1.99. The smallest absolute Gasteiger partial charge is 0.343 e. The lowest BCUT2D eigenvalue weighted by Crippen LogP contribution is -2.32. The second kappa shape index (κ2) is 8.64. The number of nitrogens with one attached hydrogen (secondary N) is 1. The topological polar surface area (TPSA) is 75.7 Å². The summed E-state index contributed by atoms with van der Waals surface area (Å²) in [5.41, 5.74) is 1.87. The van der Waals surface area contributed by atoms with Crippen molar-refractivity contribution in [1.82, 2.24) is 0 Å². The SMILES string of the molecule is Cc1ccc(OC(=O)c2ccc(NC3=C(Cl)C(=O)N(c4ccc(F)cc4)C3=O)cc2)cc1. The maximum Gasteiger partial charge on any atom is 0.343 e. The Labute approximate surface area is 187 Å². The third-order valence-corrected chi connectivity index (χ3v) is 5.08. The molecule has 2 amide bonds. The van der Waals surface area contributed by atoms with Gasteiger partial charge in [0, 0.05) is 5.69 Å². The summed E-state index contributed by atoms with van der Waals surface area (Å²) in [6.45, 7) is 1.93. The Morgan fingerprint density at radius 1 is 0.906 bits per heavy atom. The van der Waals surface area contributed by atoms with Crippen molar-refractivity contribution in [2.75, 3.05) is 10.2 Å². The standard InChI is InChI=1S/C24H16ClFN2O4/c1-14-2-12-19(13-3-14)32-24(31)15-4-8-17(9-5-15)27-21-20(25)22(29)28(23(21)30)18-10-6-16(26)7-11-18/h2-13,27H,1H3. The fourth-order valence-electron chi connectivity index (χ4n) is 3.04. The molecule has 3 aromatic carbocycles. The molecule has 1 aliphatic heterocycles. The molecule has 0 saturated carbocycles. The molecular weight excluding hydrogens is 435 g/mol. The van der Waals surface area contributed by atoms with Crippen LogP contribution in [-0.4, -0.2) is 17.8 Å². The zero-order valence-corrected chi connectivity index (χ0v) is 17.5. The number of hydrogen-bond acceptors (Lipinski definition) is 5. The van der Waals surface area contributed by atoms with Crippen molar-refractivity contribution in [2.24, 2.45) is 0 Å². The van der Waals surface area contributed by atoms with Gasteiger partial charge in [0.1, 0.15) is 22.3 Å². The van der Waals surface area contributed by atoms with Crippen LogP contribution < -0.4 is 15.0 Å². The van der Waals surface area contributed by atoms with Crippen LogP contribution in [0.15, 0.2) is 83.5 Å². The Kier molecular flexibility index (Phi) is 5.75. The molecule has 0 aliphatic carbocycles. The fraction of sp³-hybridized carbons (Fsp3) is 0.0417. The summed E-state index contributed by atoms with van der Waals surface area (Å²) in [6, 6.07) is 18.1. The Balaban J connectivity index is 1.47. The van der Waals surface area contributed by atoms with Gasteiger partial charge in [-0.2, -0.15) is 0 Å². The molecular formula is C24H16ClFN2O4. The normalized spacial score (nSPS) is 13.5. The summed E-state index contributed by atoms with van der Waals surface area (Å²) >= 11 is 6.09. The maximum atomic E-state index is 13.2. The Bertz CT molecular complexity index is 1240. The van der Waals surface area contributed by atoms with E-state index in [9.17, 15) is 18.8 Å². The van der Waals surface area contributed by atoms with Crippen LogP contribution >= 0.6 is 11.6 Å². The molecule has 0 radical (unpaired) electrons. The second-order valence-electron chi connectivity index (χ2n) is 7.02. The first-order chi connectivity index (χ1) is 15.3. The fourth-order valence-corrected chi connectivity index (χ4v) is 3.25. The van der Waals surface area contributed by atoms with E-state index >= 15 is 0 Å². The van der Waals surface area contributed by atoms with Gasteiger partial charge < -0.3 is 10.1 Å². The summed E-state index contributed by atoms with van der Waals surface area (Å²) in [5, 5.41) is 2.52. The van der Waals surface area contributed by atoms with E-state index in [0.717, 1.165) is 22.6 Å². The summed E-state index contributed by atoms with van der Waals surface area (Å²) < 4.78 is 18.5. The third kappa shape index (κ3) is 4.24. The number of amides is 2. The van der Waals surface area contributed by atoms with Crippen LogP contribution in [0.5, 0.6) is 5.75 Å². The number of aryl methyl sites for hydroxylation is 1. The molecule has 160 valence electrons. The average Bonchev–Trinajstić information content (AvgIpc) is 3.00. The van der Waals surface area contributed by atoms with Crippen molar-refractivity contribution in [3.63, 3.8) is 0 Å². The molecule has 32 heavy (non-hydrogen) atoms. The van der Waals surface area contributed by atoms with Crippen molar-refractivity contribution in [3.05, 3.63) is 100 Å². The van der Waals surface area contributed by atoms with E-state index < -0.39 is 23.6 Å². The highest BCUT2D eigenvalue weighted by Gasteiger charge is 2.38. The lowest BCUT2D eigenvalue weighted by molar-refractivity contribution is -0.120. The van der Waals surface area contributed by atoms with E-state index in [2.05, 4.69) is 5.32 Å². The molecule has 1 aliphatic rings. The number of halogens is 2. The Hall–Kier alpha value is -3.97. The molecule has 6 nitrogen and oxygen atoms in total. The van der Waals surface area contributed by atoms with Gasteiger partial charge in [-0.25, -0.2) is 14.1 Å². The van der Waals surface area contributed by atoms with E-state index in [0.29, 0.717) is 17.0 Å². The number of carbonyl (C=O) groups excluding carboxylic acids is 3. The van der Waals surface area contributed by atoms with Gasteiger partial charge in [-0.3, -0.25) is 9.59 Å². The molecule has 4 rings (SSSR count). The number of benzene rings is 3. The van der Waals surface area contributed by atoms with Gasteiger partial charge in [0.25, 0.3) is 11.8 Å². The number of hydrogen-bond donors (Lipinski definition) is 1. The van der Waals surface area contributed by atoms with Crippen LogP contribution in [0.3, 0.4) is 0 Å². The minimum absolute atomic E-state index is 0.115. The molecule has 0 saturated heterocycles. The summed E-state index contributed by atoms with van der Waals surface area (Å²) in [7, 11) is 0. The van der Waals surface area contributed by atoms with Gasteiger partial charge in [0.2, 0.25) is 0 Å². The molecule has 0 unspecified atom stereocenters. The Morgan fingerprint density at radius 3 is 2.16 bits per heavy atom. The van der Waals surface area contributed by atoms with Gasteiger partial charge in [0.05, 0.1) is 11.3 Å². The molecule has 0 atom stereocenters. The number of rotatable bonds is 5. The van der Waals surface area contributed by atoms with Crippen LogP contribution in [0.4, 0.5) is 15.8 Å². The largest absolute Gasteiger partial charge is 0.423 e. The highest BCUT2D eigenvalue weighted by molar-refractivity contribution is 6.53. The molecule has 8 heteroatoms. The van der Waals surface area contributed by atoms with Gasteiger partial charge in [-0.05, 0) is 67.6 Å². The number of carbonyl (C=O) groups is 3. The minimum Gasteiger partial charge on any atom is -0.423 e. The zero-order valence-electron chi connectivity index (χ0n) is 16.8. The van der Waals surface area contributed by atoms with Gasteiger partial charge in [-0.1, -0.05) is 29.3 Å². The van der Waals surface area contributed by atoms with E-state index in [-0.39, 0.29) is 16.4 Å². The lowest BCUT2D eigenvalue weighted by Gasteiger charge is -2.15. The predicted octanol–water partition coefficient (Wildman–Crippen LogP) is 4.79. The highest BCUT2D eigenvalue weighted by Crippen LogP contribution is 2.30. The van der Waals surface area contributed by atoms with Gasteiger partial charge in [0.15, 0.2) is 0 Å². The van der Waals surface area contributed by atoms with E-state index in [1.54, 1.807) is 24.3 Å². The van der Waals surface area contributed by atoms with Crippen LogP contribution in [-0.2, 0) is 9.59 Å². The van der Waals surface area contributed by atoms with Crippen LogP contribution in [0.25, 0.3) is 0 Å². The minimum atomic E-state index is -0.718. The zero-order chi connectivity index (χ0) is 22.8. The van der Waals surface area contributed by atoms with Crippen molar-refractivity contribution < 1.29 is 23.5 Å². The summed E-state index contributed by atoms with van der Waals surface area (Å²) in [4.78, 5) is 38.4. The first kappa shape index (κ1) is 21.3. The van der Waals surface area contributed by atoms with Crippen molar-refractivity contribution >= 4 is 40.8 Å². The van der Waals surface area contributed by atoms with Crippen molar-refractivity contribution in [2.45, 2.75) is 6.92 Å². The molecule has 3 aromatic rings. The first-order valence-electron chi connectivity index (χ1n) is 9.53. The number of imide groups is 1. The molecule has 1 N–H and O–H groups in total. The Morgan fingerprint density at radius 2 is 1.53 bits per heavy atom. The predicted molar refractivity (Wildman–Crippen MR) is 118 cm³/mol. The van der Waals surface area contributed by atoms with Crippen LogP contribution in [0.1, 0.15) is 15.9 Å². The monoisotopic (exact) mass is 450 g/mol. The molecule has 0 fully saturated rings. The number of anilines is 2. The quantitative estimate of drug-likeness (QED) is 0.343. The maximum absolute atomic E-state index is 13.2. The number of ether oxygens (including phenoxy) is 1. The molecule has 1 heterocycles. The van der Waals surface area contributed by atoms with E-state index in [4.69, 9.17) is 16.3 Å². The molecule has 0 bridgehead atoms. The van der Waals surface area contributed by atoms with Crippen molar-refractivity contribution in [1.29, 1.82) is 0 Å². The van der Waals surface area contributed by atoms with Crippen molar-refractivity contribution in [3.8, 4) is 5.75 Å². The van der Waals surface area contributed by atoms with E-state index in [1.165, 1.54) is 24.3 Å². The molecule has 0 aromatic heterocycles. The van der Waals surface area contributed by atoms with Crippen LogP contribution in [0, 0.1) is 12.7 Å². The van der Waals surface area contributed by atoms with Crippen LogP contribution in [0.2, 0.25) is 0 Å². The summed E-state index contributed by atoms with van der Waals surface area (Å²) in [6.07, 6.45) is 0. The lowest BCUT2D eigenvalue weighted by atomic mass is 10.2. The van der Waals surface area contributed by atoms with Gasteiger partial charge in [-0.15, -0.1) is 0 Å². The first-order valence-corrected chi connectivity index (χ1v) is 9.91. The third-order valence-electron chi connectivity index (χ3n) is 4.73. The second-order valence-corrected chi connectivity index (χ2v) is 7.39. The average molecular weight is 451 g/mol.